The van der Waals surface area contributed by atoms with Gasteiger partial charge in [0.15, 0.2) is 0 Å². The van der Waals surface area contributed by atoms with Crippen LogP contribution in [0.15, 0.2) is 53.4 Å². The first kappa shape index (κ1) is 24.1. The number of unbranched alkanes of at least 4 members (excludes halogenated alkanes) is 1. The highest BCUT2D eigenvalue weighted by atomic mass is 32.2. The molecule has 2 aromatic carbocycles. The molecular weight excluding hydrogens is 450 g/mol. The summed E-state index contributed by atoms with van der Waals surface area (Å²) in [5.41, 5.74) is 1.21. The predicted molar refractivity (Wildman–Crippen MR) is 118 cm³/mol. The third-order valence-corrected chi connectivity index (χ3v) is 6.23. The van der Waals surface area contributed by atoms with Crippen LogP contribution in [0.1, 0.15) is 40.5 Å². The first-order valence-corrected chi connectivity index (χ1v) is 11.7. The van der Waals surface area contributed by atoms with Crippen molar-refractivity contribution in [2.75, 3.05) is 25.0 Å². The van der Waals surface area contributed by atoms with Crippen molar-refractivity contribution in [1.82, 2.24) is 9.62 Å². The van der Waals surface area contributed by atoms with Gasteiger partial charge in [0.05, 0.1) is 22.6 Å². The summed E-state index contributed by atoms with van der Waals surface area (Å²) in [6.45, 7) is 1.01. The number of fused-ring (bicyclic) bond motifs is 1. The molecule has 2 aromatic rings. The van der Waals surface area contributed by atoms with E-state index in [9.17, 15) is 27.6 Å². The average molecular weight is 474 g/mol. The molecule has 1 aliphatic rings. The normalized spacial score (nSPS) is 13.1. The van der Waals surface area contributed by atoms with E-state index in [2.05, 4.69) is 10.0 Å². The lowest BCUT2D eigenvalue weighted by Gasteiger charge is -2.13. The van der Waals surface area contributed by atoms with Crippen LogP contribution >= 0.6 is 0 Å². The molecule has 0 spiro atoms. The Morgan fingerprint density at radius 1 is 0.939 bits per heavy atom. The molecule has 0 radical (unpaired) electrons. The van der Waals surface area contributed by atoms with Crippen LogP contribution in [-0.2, 0) is 24.3 Å². The quantitative estimate of drug-likeness (QED) is 0.303. The SMILES string of the molecule is CC(=O)Nc1ccc(S(=O)(=O)NCC(=O)OCCCCN2C(=O)c3ccccc3C2=O)cc1. The van der Waals surface area contributed by atoms with E-state index in [4.69, 9.17) is 4.74 Å². The van der Waals surface area contributed by atoms with Gasteiger partial charge >= 0.3 is 5.97 Å². The second-order valence-corrected chi connectivity index (χ2v) is 9.03. The molecule has 0 saturated carbocycles. The van der Waals surface area contributed by atoms with Crippen LogP contribution in [0.25, 0.3) is 0 Å². The minimum atomic E-state index is -3.93. The van der Waals surface area contributed by atoms with Gasteiger partial charge in [-0.1, -0.05) is 12.1 Å². The fourth-order valence-electron chi connectivity index (χ4n) is 3.21. The van der Waals surface area contributed by atoms with Crippen molar-refractivity contribution in [2.24, 2.45) is 0 Å². The Morgan fingerprint density at radius 3 is 2.12 bits per heavy atom. The minimum Gasteiger partial charge on any atom is -0.465 e. The van der Waals surface area contributed by atoms with Crippen molar-refractivity contribution in [3.63, 3.8) is 0 Å². The maximum atomic E-state index is 12.3. The lowest BCUT2D eigenvalue weighted by atomic mass is 10.1. The number of anilines is 1. The molecule has 3 amide bonds. The van der Waals surface area contributed by atoms with Crippen LogP contribution in [0, 0.1) is 0 Å². The molecule has 3 rings (SSSR count). The van der Waals surface area contributed by atoms with Crippen LogP contribution in [0.2, 0.25) is 0 Å². The van der Waals surface area contributed by atoms with Gasteiger partial charge in [-0.3, -0.25) is 24.1 Å². The van der Waals surface area contributed by atoms with E-state index in [-0.39, 0.29) is 35.8 Å². The zero-order valence-electron chi connectivity index (χ0n) is 17.9. The molecule has 1 heterocycles. The van der Waals surface area contributed by atoms with Crippen molar-refractivity contribution in [1.29, 1.82) is 0 Å². The van der Waals surface area contributed by atoms with Crippen LogP contribution in [0.3, 0.4) is 0 Å². The van der Waals surface area contributed by atoms with Crippen LogP contribution in [-0.4, -0.2) is 56.7 Å². The fourth-order valence-corrected chi connectivity index (χ4v) is 4.18. The second kappa shape index (κ2) is 10.4. The molecule has 11 heteroatoms. The molecule has 0 fully saturated rings. The van der Waals surface area contributed by atoms with Crippen LogP contribution < -0.4 is 10.0 Å². The number of sulfonamides is 1. The Labute approximate surface area is 191 Å². The Kier molecular flexibility index (Phi) is 7.56. The van der Waals surface area contributed by atoms with Gasteiger partial charge in [-0.15, -0.1) is 0 Å². The van der Waals surface area contributed by atoms with Crippen molar-refractivity contribution >= 4 is 39.4 Å². The maximum absolute atomic E-state index is 12.3. The third-order valence-electron chi connectivity index (χ3n) is 4.81. The van der Waals surface area contributed by atoms with E-state index in [1.54, 1.807) is 24.3 Å². The summed E-state index contributed by atoms with van der Waals surface area (Å²) in [5, 5.41) is 2.53. The largest absolute Gasteiger partial charge is 0.465 e. The van der Waals surface area contributed by atoms with E-state index in [0.717, 1.165) is 4.90 Å². The van der Waals surface area contributed by atoms with Gasteiger partial charge in [0.2, 0.25) is 15.9 Å². The molecule has 0 bridgehead atoms. The number of ether oxygens (including phenoxy) is 1. The number of nitrogens with one attached hydrogen (secondary N) is 2. The van der Waals surface area contributed by atoms with Crippen molar-refractivity contribution in [2.45, 2.75) is 24.7 Å². The summed E-state index contributed by atoms with van der Waals surface area (Å²) in [4.78, 5) is 48.5. The fraction of sp³-hybridized carbons (Fsp3) is 0.273. The van der Waals surface area contributed by atoms with Crippen molar-refractivity contribution in [3.05, 3.63) is 59.7 Å². The molecule has 33 heavy (non-hydrogen) atoms. The highest BCUT2D eigenvalue weighted by molar-refractivity contribution is 7.89. The number of carbonyl (C=O) groups excluding carboxylic acids is 4. The molecule has 1 aliphatic heterocycles. The summed E-state index contributed by atoms with van der Waals surface area (Å²) in [5.74, 6) is -1.72. The molecule has 0 atom stereocenters. The zero-order valence-corrected chi connectivity index (χ0v) is 18.7. The zero-order chi connectivity index (χ0) is 24.0. The summed E-state index contributed by atoms with van der Waals surface area (Å²) in [7, 11) is -3.93. The summed E-state index contributed by atoms with van der Waals surface area (Å²) in [6.07, 6.45) is 0.835. The van der Waals surface area contributed by atoms with Gasteiger partial charge in [-0.05, 0) is 49.2 Å². The van der Waals surface area contributed by atoms with Gasteiger partial charge < -0.3 is 10.1 Å². The van der Waals surface area contributed by atoms with Crippen molar-refractivity contribution < 1.29 is 32.3 Å². The molecule has 0 saturated heterocycles. The number of rotatable bonds is 10. The van der Waals surface area contributed by atoms with Gasteiger partial charge in [0, 0.05) is 19.2 Å². The van der Waals surface area contributed by atoms with E-state index < -0.39 is 22.5 Å². The Balaban J connectivity index is 1.37. The number of benzene rings is 2. The topological polar surface area (TPSA) is 139 Å². The molecule has 174 valence electrons. The van der Waals surface area contributed by atoms with Crippen LogP contribution in [0.4, 0.5) is 5.69 Å². The highest BCUT2D eigenvalue weighted by Crippen LogP contribution is 2.22. The number of nitrogens with zero attached hydrogens (tertiary/aromatic N) is 1. The molecule has 0 unspecified atom stereocenters. The van der Waals surface area contributed by atoms with Crippen LogP contribution in [0.5, 0.6) is 0 Å². The minimum absolute atomic E-state index is 0.0230. The number of amides is 3. The Bertz CT molecular complexity index is 1140. The van der Waals surface area contributed by atoms with E-state index in [1.807, 2.05) is 0 Å². The molecule has 0 aliphatic carbocycles. The van der Waals surface area contributed by atoms with E-state index in [0.29, 0.717) is 29.7 Å². The summed E-state index contributed by atoms with van der Waals surface area (Å²) >= 11 is 0. The monoisotopic (exact) mass is 473 g/mol. The summed E-state index contributed by atoms with van der Waals surface area (Å²) in [6, 6.07) is 12.1. The lowest BCUT2D eigenvalue weighted by Crippen LogP contribution is -2.31. The first-order valence-electron chi connectivity index (χ1n) is 10.2. The first-order chi connectivity index (χ1) is 15.7. The molecule has 2 N–H and O–H groups in total. The number of hydrogen-bond donors (Lipinski definition) is 2. The van der Waals surface area contributed by atoms with Gasteiger partial charge in [0.25, 0.3) is 11.8 Å². The average Bonchev–Trinajstić information content (AvgIpc) is 3.02. The smallest absolute Gasteiger partial charge is 0.321 e. The van der Waals surface area contributed by atoms with Gasteiger partial charge in [-0.25, -0.2) is 8.42 Å². The maximum Gasteiger partial charge on any atom is 0.321 e. The van der Waals surface area contributed by atoms with Gasteiger partial charge in [-0.2, -0.15) is 4.72 Å². The molecular formula is C22H23N3O7S. The lowest BCUT2D eigenvalue weighted by molar-refractivity contribution is -0.142. The third kappa shape index (κ3) is 6.02. The van der Waals surface area contributed by atoms with Crippen molar-refractivity contribution in [3.8, 4) is 0 Å². The second-order valence-electron chi connectivity index (χ2n) is 7.27. The highest BCUT2D eigenvalue weighted by Gasteiger charge is 2.34. The number of hydrogen-bond acceptors (Lipinski definition) is 7. The standard InChI is InChI=1S/C22H23N3O7S/c1-15(26)24-16-8-10-17(11-9-16)33(30,31)23-14-20(27)32-13-5-4-12-25-21(28)18-6-2-3-7-19(18)22(25)29/h2-3,6-11,23H,4-5,12-14H2,1H3,(H,24,26). The molecule has 0 aromatic heterocycles. The number of esters is 1. The Morgan fingerprint density at radius 2 is 1.55 bits per heavy atom. The van der Waals surface area contributed by atoms with E-state index in [1.165, 1.54) is 31.2 Å². The molecule has 10 nitrogen and oxygen atoms in total. The van der Waals surface area contributed by atoms with Gasteiger partial charge in [0.1, 0.15) is 6.54 Å². The predicted octanol–water partition coefficient (Wildman–Crippen LogP) is 1.54. The Hall–Kier alpha value is -3.57. The van der Waals surface area contributed by atoms with E-state index >= 15 is 0 Å². The summed E-state index contributed by atoms with van der Waals surface area (Å²) < 4.78 is 31.7. The number of imide groups is 1. The number of carbonyl (C=O) groups is 4.